The molecule has 1 saturated heterocycles. The molecule has 0 aromatic carbocycles. The fourth-order valence-electron chi connectivity index (χ4n) is 4.96. The molecule has 2 aliphatic heterocycles. The first-order valence-electron chi connectivity index (χ1n) is 12.0. The van der Waals surface area contributed by atoms with Gasteiger partial charge in [-0.15, -0.1) is 0 Å². The summed E-state index contributed by atoms with van der Waals surface area (Å²) in [6, 6.07) is 4.01. The number of amides is 1. The zero-order valence-electron chi connectivity index (χ0n) is 18.8. The molecule has 0 radical (unpaired) electrons. The molecule has 0 spiro atoms. The van der Waals surface area contributed by atoms with Gasteiger partial charge in [-0.3, -0.25) is 4.79 Å². The molecule has 1 atom stereocenters. The molecule has 3 aromatic rings. The minimum atomic E-state index is 0.0494. The minimum Gasteiger partial charge on any atom is -0.469 e. The van der Waals surface area contributed by atoms with E-state index in [1.54, 1.807) is 12.6 Å². The molecule has 0 unspecified atom stereocenters. The number of aryl methyl sites for hydroxylation is 3. The molecule has 32 heavy (non-hydrogen) atoms. The molecule has 2 aliphatic rings. The van der Waals surface area contributed by atoms with Crippen molar-refractivity contribution in [2.24, 2.45) is 5.92 Å². The van der Waals surface area contributed by atoms with Crippen molar-refractivity contribution in [2.45, 2.75) is 70.9 Å². The van der Waals surface area contributed by atoms with E-state index in [0.29, 0.717) is 0 Å². The van der Waals surface area contributed by atoms with E-state index in [1.165, 1.54) is 19.3 Å². The van der Waals surface area contributed by atoms with Gasteiger partial charge in [0.1, 0.15) is 17.9 Å². The van der Waals surface area contributed by atoms with E-state index in [-0.39, 0.29) is 17.9 Å². The van der Waals surface area contributed by atoms with E-state index in [0.717, 1.165) is 80.3 Å². The van der Waals surface area contributed by atoms with Crippen LogP contribution in [0.1, 0.15) is 57.0 Å². The van der Waals surface area contributed by atoms with Gasteiger partial charge in [0.2, 0.25) is 5.91 Å². The van der Waals surface area contributed by atoms with Crippen LogP contribution in [0.2, 0.25) is 0 Å². The molecular formula is C24H32N6O2. The Kier molecular flexibility index (Phi) is 6.10. The predicted octanol–water partition coefficient (Wildman–Crippen LogP) is 3.50. The molecule has 1 amide bonds. The Labute approximate surface area is 188 Å². The number of nitrogens with zero attached hydrogens (tertiary/aromatic N) is 5. The topological polar surface area (TPSA) is 89.1 Å². The number of imidazole rings is 1. The third-order valence-electron chi connectivity index (χ3n) is 6.83. The molecule has 0 aliphatic carbocycles. The van der Waals surface area contributed by atoms with Crippen LogP contribution in [0.15, 0.2) is 29.1 Å². The summed E-state index contributed by atoms with van der Waals surface area (Å²) in [5.41, 5.74) is 1.87. The molecule has 5 rings (SSSR count). The highest BCUT2D eigenvalue weighted by Crippen LogP contribution is 2.29. The number of furan rings is 1. The third-order valence-corrected chi connectivity index (χ3v) is 6.83. The van der Waals surface area contributed by atoms with Crippen molar-refractivity contribution in [3.8, 4) is 0 Å². The number of hydrogen-bond acceptors (Lipinski definition) is 6. The smallest absolute Gasteiger partial charge is 0.223 e. The highest BCUT2D eigenvalue weighted by Gasteiger charge is 2.28. The highest BCUT2D eigenvalue weighted by molar-refractivity contribution is 5.84. The maximum absolute atomic E-state index is 12.8. The fraction of sp³-hybridized carbons (Fsp3) is 0.583. The van der Waals surface area contributed by atoms with Crippen LogP contribution in [0.3, 0.4) is 0 Å². The quantitative estimate of drug-likeness (QED) is 0.636. The van der Waals surface area contributed by atoms with Crippen molar-refractivity contribution in [1.82, 2.24) is 24.8 Å². The zero-order valence-corrected chi connectivity index (χ0v) is 18.8. The summed E-state index contributed by atoms with van der Waals surface area (Å²) in [5, 5.41) is 3.19. The van der Waals surface area contributed by atoms with Crippen molar-refractivity contribution >= 4 is 22.9 Å². The maximum Gasteiger partial charge on any atom is 0.223 e. The van der Waals surface area contributed by atoms with Gasteiger partial charge in [-0.2, -0.15) is 0 Å². The van der Waals surface area contributed by atoms with Crippen molar-refractivity contribution < 1.29 is 9.21 Å². The summed E-state index contributed by atoms with van der Waals surface area (Å²) in [4.78, 5) is 29.2. The first-order chi connectivity index (χ1) is 15.7. The Morgan fingerprint density at radius 2 is 2.09 bits per heavy atom. The second-order valence-electron chi connectivity index (χ2n) is 9.15. The highest BCUT2D eigenvalue weighted by atomic mass is 16.3. The van der Waals surface area contributed by atoms with Gasteiger partial charge >= 0.3 is 0 Å². The largest absolute Gasteiger partial charge is 0.469 e. The lowest BCUT2D eigenvalue weighted by Crippen LogP contribution is -2.43. The Morgan fingerprint density at radius 3 is 2.91 bits per heavy atom. The Hall–Kier alpha value is -2.90. The van der Waals surface area contributed by atoms with Crippen molar-refractivity contribution in [2.75, 3.05) is 18.0 Å². The van der Waals surface area contributed by atoms with Crippen LogP contribution in [-0.4, -0.2) is 44.6 Å². The average Bonchev–Trinajstić information content (AvgIpc) is 3.39. The van der Waals surface area contributed by atoms with Crippen LogP contribution < -0.4 is 10.2 Å². The lowest BCUT2D eigenvalue weighted by Gasteiger charge is -2.32. The number of piperidine rings is 1. The van der Waals surface area contributed by atoms with E-state index in [2.05, 4.69) is 31.7 Å². The lowest BCUT2D eigenvalue weighted by molar-refractivity contribution is -0.126. The standard InChI is InChI=1S/C24H32N6O2/c1-17(8-9-19-6-5-15-32-19)27-24(31)18-10-13-29(14-11-18)22-21-23(26-16-25-22)30-12-4-2-3-7-20(30)28-21/h5-6,15-18H,2-4,7-14H2,1H3,(H,27,31)/t17-/m0/s1. The van der Waals surface area contributed by atoms with Crippen LogP contribution in [-0.2, 0) is 24.2 Å². The van der Waals surface area contributed by atoms with Crippen molar-refractivity contribution in [1.29, 1.82) is 0 Å². The molecule has 8 heteroatoms. The molecule has 1 fully saturated rings. The van der Waals surface area contributed by atoms with Crippen LogP contribution in [0.4, 0.5) is 5.82 Å². The summed E-state index contributed by atoms with van der Waals surface area (Å²) in [6.07, 6.45) is 11.4. The molecule has 3 aromatic heterocycles. The van der Waals surface area contributed by atoms with Gasteiger partial charge in [0, 0.05) is 44.4 Å². The molecule has 8 nitrogen and oxygen atoms in total. The number of carbonyl (C=O) groups excluding carboxylic acids is 1. The SMILES string of the molecule is C[C@@H](CCc1ccco1)NC(=O)C1CCN(c2ncnc3c2nc2n3CCCCC2)CC1. The first kappa shape index (κ1) is 21.0. The summed E-state index contributed by atoms with van der Waals surface area (Å²) in [5.74, 6) is 3.23. The van der Waals surface area contributed by atoms with Crippen LogP contribution in [0.5, 0.6) is 0 Å². The summed E-state index contributed by atoms with van der Waals surface area (Å²) in [7, 11) is 0. The van der Waals surface area contributed by atoms with Crippen molar-refractivity contribution in [3.05, 3.63) is 36.3 Å². The van der Waals surface area contributed by atoms with E-state index in [9.17, 15) is 4.79 Å². The normalized spacial score (nSPS) is 18.3. The molecular weight excluding hydrogens is 404 g/mol. The van der Waals surface area contributed by atoms with Gasteiger partial charge in [-0.05, 0) is 51.2 Å². The van der Waals surface area contributed by atoms with Gasteiger partial charge in [0.25, 0.3) is 0 Å². The molecule has 5 heterocycles. The Morgan fingerprint density at radius 1 is 1.22 bits per heavy atom. The number of hydrogen-bond donors (Lipinski definition) is 1. The lowest BCUT2D eigenvalue weighted by atomic mass is 9.95. The van der Waals surface area contributed by atoms with Gasteiger partial charge in [-0.25, -0.2) is 15.0 Å². The number of fused-ring (bicyclic) bond motifs is 3. The summed E-state index contributed by atoms with van der Waals surface area (Å²) >= 11 is 0. The van der Waals surface area contributed by atoms with E-state index in [4.69, 9.17) is 9.40 Å². The van der Waals surface area contributed by atoms with E-state index in [1.807, 2.05) is 12.1 Å². The van der Waals surface area contributed by atoms with Crippen LogP contribution in [0.25, 0.3) is 11.2 Å². The number of nitrogens with one attached hydrogen (secondary N) is 1. The number of aromatic nitrogens is 4. The third kappa shape index (κ3) is 4.36. The number of rotatable bonds is 6. The summed E-state index contributed by atoms with van der Waals surface area (Å²) in [6.45, 7) is 4.68. The Bertz CT molecular complexity index is 1050. The summed E-state index contributed by atoms with van der Waals surface area (Å²) < 4.78 is 7.66. The number of anilines is 1. The average molecular weight is 437 g/mol. The van der Waals surface area contributed by atoms with Crippen molar-refractivity contribution in [3.63, 3.8) is 0 Å². The minimum absolute atomic E-state index is 0.0494. The van der Waals surface area contributed by atoms with Gasteiger partial charge in [0.05, 0.1) is 6.26 Å². The van der Waals surface area contributed by atoms with E-state index >= 15 is 0 Å². The monoisotopic (exact) mass is 436 g/mol. The molecule has 0 bridgehead atoms. The fourth-order valence-corrected chi connectivity index (χ4v) is 4.96. The maximum atomic E-state index is 12.8. The van der Waals surface area contributed by atoms with Gasteiger partial charge in [-0.1, -0.05) is 6.42 Å². The molecule has 170 valence electrons. The Balaban J connectivity index is 1.19. The number of carbonyl (C=O) groups is 1. The zero-order chi connectivity index (χ0) is 21.9. The van der Waals surface area contributed by atoms with Gasteiger partial charge < -0.3 is 19.2 Å². The predicted molar refractivity (Wildman–Crippen MR) is 122 cm³/mol. The molecule has 1 N–H and O–H groups in total. The van der Waals surface area contributed by atoms with E-state index < -0.39 is 0 Å². The second-order valence-corrected chi connectivity index (χ2v) is 9.15. The second kappa shape index (κ2) is 9.30. The molecule has 0 saturated carbocycles. The van der Waals surface area contributed by atoms with Gasteiger partial charge in [0.15, 0.2) is 17.0 Å². The first-order valence-corrected chi connectivity index (χ1v) is 12.0. The van der Waals surface area contributed by atoms with Crippen LogP contribution in [0, 0.1) is 5.92 Å². The van der Waals surface area contributed by atoms with Crippen LogP contribution >= 0.6 is 0 Å².